The van der Waals surface area contributed by atoms with Crippen molar-refractivity contribution in [2.75, 3.05) is 0 Å². The fraction of sp³-hybridized carbons (Fsp3) is 0.111. The molecule has 14 heavy (non-hydrogen) atoms. The molecule has 5 heteroatoms. The van der Waals surface area contributed by atoms with Crippen LogP contribution in [0.1, 0.15) is 15.4 Å². The maximum atomic E-state index is 11.3. The number of carboxylic acids is 1. The van der Waals surface area contributed by atoms with Crippen molar-refractivity contribution in [1.29, 1.82) is 0 Å². The first kappa shape index (κ1) is 8.96. The maximum absolute atomic E-state index is 11.3. The molecule has 0 amide bonds. The molecule has 0 radical (unpaired) electrons. The second-order valence-electron chi connectivity index (χ2n) is 2.84. The second kappa shape index (κ2) is 2.95. The number of thiophene rings is 1. The summed E-state index contributed by atoms with van der Waals surface area (Å²) >= 11 is 1.07. The lowest BCUT2D eigenvalue weighted by atomic mass is 10.3. The van der Waals surface area contributed by atoms with Crippen LogP contribution in [0.25, 0.3) is 10.1 Å². The van der Waals surface area contributed by atoms with Gasteiger partial charge in [-0.3, -0.25) is 0 Å². The van der Waals surface area contributed by atoms with E-state index in [1.165, 1.54) is 6.07 Å². The zero-order valence-electron chi connectivity index (χ0n) is 7.23. The molecule has 0 aromatic carbocycles. The van der Waals surface area contributed by atoms with Crippen LogP contribution in [0.2, 0.25) is 0 Å². The van der Waals surface area contributed by atoms with Crippen molar-refractivity contribution < 1.29 is 14.3 Å². The highest BCUT2D eigenvalue weighted by Crippen LogP contribution is 2.23. The smallest absolute Gasteiger partial charge is 0.345 e. The number of carboxylic acid groups (broad SMARTS) is 1. The van der Waals surface area contributed by atoms with Gasteiger partial charge in [-0.15, -0.1) is 11.3 Å². The molecule has 4 nitrogen and oxygen atoms in total. The van der Waals surface area contributed by atoms with Gasteiger partial charge in [0.1, 0.15) is 10.6 Å². The van der Waals surface area contributed by atoms with E-state index in [0.29, 0.717) is 15.8 Å². The van der Waals surface area contributed by atoms with Crippen molar-refractivity contribution in [3.05, 3.63) is 33.2 Å². The number of fused-ring (bicyclic) bond motifs is 1. The zero-order valence-corrected chi connectivity index (χ0v) is 8.05. The Morgan fingerprint density at radius 1 is 1.50 bits per heavy atom. The van der Waals surface area contributed by atoms with Crippen molar-refractivity contribution in [2.24, 2.45) is 0 Å². The summed E-state index contributed by atoms with van der Waals surface area (Å²) in [5, 5.41) is 9.06. The average molecular weight is 210 g/mol. The van der Waals surface area contributed by atoms with Crippen LogP contribution in [0.5, 0.6) is 0 Å². The van der Waals surface area contributed by atoms with Gasteiger partial charge in [0.05, 0.1) is 5.39 Å². The van der Waals surface area contributed by atoms with Crippen LogP contribution >= 0.6 is 11.3 Å². The van der Waals surface area contributed by atoms with Gasteiger partial charge in [0, 0.05) is 4.70 Å². The van der Waals surface area contributed by atoms with Crippen molar-refractivity contribution in [2.45, 2.75) is 6.92 Å². The lowest BCUT2D eigenvalue weighted by Gasteiger charge is -1.89. The molecule has 0 aliphatic heterocycles. The van der Waals surface area contributed by atoms with Crippen molar-refractivity contribution >= 4 is 27.4 Å². The highest BCUT2D eigenvalue weighted by atomic mass is 32.1. The van der Waals surface area contributed by atoms with E-state index in [0.717, 1.165) is 11.3 Å². The number of carbonyl (C=O) groups is 1. The molecule has 0 spiro atoms. The van der Waals surface area contributed by atoms with Gasteiger partial charge in [-0.1, -0.05) is 0 Å². The third-order valence-electron chi connectivity index (χ3n) is 1.78. The minimum Gasteiger partial charge on any atom is -0.477 e. The van der Waals surface area contributed by atoms with Crippen LogP contribution in [0, 0.1) is 6.92 Å². The molecule has 1 N–H and O–H groups in total. The lowest BCUT2D eigenvalue weighted by Crippen LogP contribution is -1.97. The summed E-state index contributed by atoms with van der Waals surface area (Å²) in [6.07, 6.45) is 0. The van der Waals surface area contributed by atoms with Crippen LogP contribution < -0.4 is 5.63 Å². The number of hydrogen-bond acceptors (Lipinski definition) is 4. The fourth-order valence-electron chi connectivity index (χ4n) is 1.19. The number of rotatable bonds is 1. The van der Waals surface area contributed by atoms with Crippen molar-refractivity contribution in [3.63, 3.8) is 0 Å². The molecule has 2 aromatic heterocycles. The minimum atomic E-state index is -1.02. The minimum absolute atomic E-state index is 0.151. The Morgan fingerprint density at radius 3 is 2.86 bits per heavy atom. The number of aromatic carboxylic acids is 1. The van der Waals surface area contributed by atoms with Gasteiger partial charge in [-0.2, -0.15) is 0 Å². The van der Waals surface area contributed by atoms with Crippen LogP contribution in [-0.4, -0.2) is 11.1 Å². The molecule has 2 rings (SSSR count). The van der Waals surface area contributed by atoms with Gasteiger partial charge in [-0.25, -0.2) is 9.59 Å². The molecule has 0 bridgehead atoms. The van der Waals surface area contributed by atoms with E-state index in [1.807, 2.05) is 0 Å². The average Bonchev–Trinajstić information content (AvgIpc) is 2.47. The number of hydrogen-bond donors (Lipinski definition) is 1. The third-order valence-corrected chi connectivity index (χ3v) is 2.85. The summed E-state index contributed by atoms with van der Waals surface area (Å²) in [6, 6.07) is 3.00. The van der Waals surface area contributed by atoms with Gasteiger partial charge < -0.3 is 9.52 Å². The Hall–Kier alpha value is -1.62. The Labute approximate surface area is 82.4 Å². The Kier molecular flexibility index (Phi) is 1.89. The predicted molar refractivity (Wildman–Crippen MR) is 52.1 cm³/mol. The summed E-state index contributed by atoms with van der Waals surface area (Å²) < 4.78 is 5.49. The molecule has 0 atom stereocenters. The topological polar surface area (TPSA) is 67.5 Å². The van der Waals surface area contributed by atoms with E-state index in [2.05, 4.69) is 0 Å². The molecular formula is C9H6O4S. The summed E-state index contributed by atoms with van der Waals surface area (Å²) in [6.45, 7) is 1.65. The monoisotopic (exact) mass is 210 g/mol. The van der Waals surface area contributed by atoms with Crippen molar-refractivity contribution in [3.8, 4) is 0 Å². The van der Waals surface area contributed by atoms with E-state index in [9.17, 15) is 9.59 Å². The van der Waals surface area contributed by atoms with Crippen LogP contribution in [0.3, 0.4) is 0 Å². The highest BCUT2D eigenvalue weighted by molar-refractivity contribution is 7.20. The molecule has 0 aliphatic rings. The molecule has 0 saturated carbocycles. The van der Waals surface area contributed by atoms with Gasteiger partial charge in [-0.05, 0) is 19.1 Å². The Bertz CT molecular complexity index is 564. The van der Waals surface area contributed by atoms with E-state index in [1.54, 1.807) is 13.0 Å². The van der Waals surface area contributed by atoms with E-state index < -0.39 is 11.6 Å². The Balaban J connectivity index is 2.83. The van der Waals surface area contributed by atoms with Crippen LogP contribution in [-0.2, 0) is 0 Å². The molecule has 2 heterocycles. The molecule has 2 aromatic rings. The summed E-state index contributed by atoms with van der Waals surface area (Å²) in [5.74, 6) is -0.537. The number of aryl methyl sites for hydroxylation is 1. The quantitative estimate of drug-likeness (QED) is 0.780. The second-order valence-corrected chi connectivity index (χ2v) is 3.92. The standard InChI is InChI=1S/C9H6O4S/c1-4-2-6-5(9(12)13-4)3-7(14-6)8(10)11/h2-3H,1H3,(H,10,11). The summed E-state index contributed by atoms with van der Waals surface area (Å²) in [7, 11) is 0. The SMILES string of the molecule is Cc1cc2sc(C(=O)O)cc2c(=O)o1. The van der Waals surface area contributed by atoms with Gasteiger partial charge in [0.2, 0.25) is 0 Å². The molecule has 0 saturated heterocycles. The molecule has 0 fully saturated rings. The molecule has 0 aliphatic carbocycles. The molecule has 72 valence electrons. The first-order chi connectivity index (χ1) is 6.58. The molecular weight excluding hydrogens is 204 g/mol. The zero-order chi connectivity index (χ0) is 10.3. The van der Waals surface area contributed by atoms with E-state index in [-0.39, 0.29) is 4.88 Å². The third kappa shape index (κ3) is 1.31. The largest absolute Gasteiger partial charge is 0.477 e. The summed E-state index contributed by atoms with van der Waals surface area (Å²) in [5.41, 5.74) is -0.483. The van der Waals surface area contributed by atoms with Crippen molar-refractivity contribution in [1.82, 2.24) is 0 Å². The first-order valence-electron chi connectivity index (χ1n) is 3.85. The van der Waals surface area contributed by atoms with Gasteiger partial charge in [0.25, 0.3) is 0 Å². The van der Waals surface area contributed by atoms with Crippen LogP contribution in [0.4, 0.5) is 0 Å². The van der Waals surface area contributed by atoms with Gasteiger partial charge >= 0.3 is 11.6 Å². The predicted octanol–water partition coefficient (Wildman–Crippen LogP) is 1.86. The fourth-order valence-corrected chi connectivity index (χ4v) is 2.17. The van der Waals surface area contributed by atoms with Crippen LogP contribution in [0.15, 0.2) is 21.3 Å². The lowest BCUT2D eigenvalue weighted by molar-refractivity contribution is 0.0702. The summed E-state index contributed by atoms with van der Waals surface area (Å²) in [4.78, 5) is 22.1. The van der Waals surface area contributed by atoms with Gasteiger partial charge in [0.15, 0.2) is 0 Å². The van der Waals surface area contributed by atoms with E-state index >= 15 is 0 Å². The highest BCUT2D eigenvalue weighted by Gasteiger charge is 2.11. The normalized spacial score (nSPS) is 10.6. The molecule has 0 unspecified atom stereocenters. The van der Waals surface area contributed by atoms with E-state index in [4.69, 9.17) is 9.52 Å². The maximum Gasteiger partial charge on any atom is 0.345 e. The first-order valence-corrected chi connectivity index (χ1v) is 4.67. The Morgan fingerprint density at radius 2 is 2.21 bits per heavy atom.